The quantitative estimate of drug-likeness (QED) is 0.601. The number of hydrogen-bond donors (Lipinski definition) is 1. The number of hydrogen-bond acceptors (Lipinski definition) is 4. The summed E-state index contributed by atoms with van der Waals surface area (Å²) in [6, 6.07) is 8.39. The van der Waals surface area contributed by atoms with Gasteiger partial charge in [-0.3, -0.25) is 4.90 Å². The van der Waals surface area contributed by atoms with Crippen LogP contribution in [0.1, 0.15) is 19.4 Å². The third-order valence-corrected chi connectivity index (χ3v) is 3.40. The monoisotopic (exact) mass is 294 g/mol. The highest BCUT2D eigenvalue weighted by Gasteiger charge is 2.05. The van der Waals surface area contributed by atoms with Crippen LogP contribution < -0.4 is 5.32 Å². The van der Waals surface area contributed by atoms with Crippen LogP contribution in [0.25, 0.3) is 0 Å². The maximum atomic E-state index is 5.45. The van der Waals surface area contributed by atoms with Gasteiger partial charge in [-0.15, -0.1) is 0 Å². The molecule has 1 rings (SSSR count). The van der Waals surface area contributed by atoms with Crippen molar-refractivity contribution < 1.29 is 9.47 Å². The topological polar surface area (TPSA) is 33.7 Å². The van der Waals surface area contributed by atoms with E-state index < -0.39 is 0 Å². The number of nitrogens with zero attached hydrogens (tertiary/aromatic N) is 1. The van der Waals surface area contributed by atoms with Crippen molar-refractivity contribution in [3.63, 3.8) is 0 Å². The Morgan fingerprint density at radius 2 is 1.57 bits per heavy atom. The number of aryl methyl sites for hydroxylation is 1. The molecule has 0 fully saturated rings. The van der Waals surface area contributed by atoms with E-state index in [1.54, 1.807) is 0 Å². The average molecular weight is 294 g/mol. The molecule has 0 spiro atoms. The Labute approximate surface area is 129 Å². The van der Waals surface area contributed by atoms with Crippen molar-refractivity contribution in [2.45, 2.75) is 20.8 Å². The maximum absolute atomic E-state index is 5.45. The highest BCUT2D eigenvalue weighted by atomic mass is 16.5. The van der Waals surface area contributed by atoms with E-state index in [4.69, 9.17) is 9.47 Å². The van der Waals surface area contributed by atoms with Crippen LogP contribution in [0.2, 0.25) is 0 Å². The Morgan fingerprint density at radius 1 is 0.952 bits per heavy atom. The van der Waals surface area contributed by atoms with Crippen LogP contribution >= 0.6 is 0 Å². The molecule has 0 saturated heterocycles. The molecule has 0 amide bonds. The Balaban J connectivity index is 2.31. The van der Waals surface area contributed by atoms with Gasteiger partial charge in [0, 0.05) is 45.1 Å². The molecule has 4 heteroatoms. The third-order valence-electron chi connectivity index (χ3n) is 3.40. The van der Waals surface area contributed by atoms with E-state index in [-0.39, 0.29) is 0 Å². The standard InChI is InChI=1S/C17H30N2O2/c1-4-20-14-12-19(13-15-21-5-2)11-10-18-17-9-7-6-8-16(17)3/h6-9,18H,4-5,10-15H2,1-3H3. The molecular weight excluding hydrogens is 264 g/mol. The second kappa shape index (κ2) is 11.5. The van der Waals surface area contributed by atoms with Gasteiger partial charge < -0.3 is 14.8 Å². The van der Waals surface area contributed by atoms with Crippen molar-refractivity contribution in [3.8, 4) is 0 Å². The number of nitrogens with one attached hydrogen (secondary N) is 1. The molecule has 0 heterocycles. The number of para-hydroxylation sites is 1. The predicted octanol–water partition coefficient (Wildman–Crippen LogP) is 2.78. The van der Waals surface area contributed by atoms with Crippen molar-refractivity contribution >= 4 is 5.69 Å². The van der Waals surface area contributed by atoms with Crippen LogP contribution in [0.4, 0.5) is 5.69 Å². The molecule has 0 atom stereocenters. The summed E-state index contributed by atoms with van der Waals surface area (Å²) >= 11 is 0. The minimum atomic E-state index is 0.779. The van der Waals surface area contributed by atoms with Crippen molar-refractivity contribution in [2.24, 2.45) is 0 Å². The first-order valence-corrected chi connectivity index (χ1v) is 7.95. The Hall–Kier alpha value is -1.10. The fourth-order valence-corrected chi connectivity index (χ4v) is 2.13. The first-order valence-electron chi connectivity index (χ1n) is 7.95. The third kappa shape index (κ3) is 8.05. The number of anilines is 1. The number of rotatable bonds is 12. The predicted molar refractivity (Wildman–Crippen MR) is 89.1 cm³/mol. The van der Waals surface area contributed by atoms with Crippen LogP contribution in [-0.4, -0.2) is 57.5 Å². The van der Waals surface area contributed by atoms with E-state index in [1.807, 2.05) is 13.8 Å². The zero-order valence-electron chi connectivity index (χ0n) is 13.7. The largest absolute Gasteiger partial charge is 0.384 e. The molecule has 0 saturated carbocycles. The maximum Gasteiger partial charge on any atom is 0.0593 e. The van der Waals surface area contributed by atoms with Gasteiger partial charge in [0.05, 0.1) is 13.2 Å². The Kier molecular flexibility index (Phi) is 9.87. The molecule has 0 aliphatic carbocycles. The summed E-state index contributed by atoms with van der Waals surface area (Å²) in [7, 11) is 0. The lowest BCUT2D eigenvalue weighted by molar-refractivity contribution is 0.0846. The van der Waals surface area contributed by atoms with E-state index in [2.05, 4.69) is 41.4 Å². The normalized spacial score (nSPS) is 11.0. The molecule has 1 aromatic rings. The van der Waals surface area contributed by atoms with E-state index in [0.29, 0.717) is 0 Å². The summed E-state index contributed by atoms with van der Waals surface area (Å²) in [5, 5.41) is 3.50. The van der Waals surface area contributed by atoms with Gasteiger partial charge >= 0.3 is 0 Å². The van der Waals surface area contributed by atoms with Gasteiger partial charge in [0.15, 0.2) is 0 Å². The van der Waals surface area contributed by atoms with Crippen LogP contribution in [0, 0.1) is 6.92 Å². The first kappa shape index (κ1) is 18.0. The molecule has 4 nitrogen and oxygen atoms in total. The van der Waals surface area contributed by atoms with E-state index in [9.17, 15) is 0 Å². The fourth-order valence-electron chi connectivity index (χ4n) is 2.13. The van der Waals surface area contributed by atoms with Gasteiger partial charge in [0.25, 0.3) is 0 Å². The number of benzene rings is 1. The zero-order valence-corrected chi connectivity index (χ0v) is 13.7. The van der Waals surface area contributed by atoms with Crippen molar-refractivity contribution in [1.82, 2.24) is 4.90 Å². The van der Waals surface area contributed by atoms with Crippen molar-refractivity contribution in [3.05, 3.63) is 29.8 Å². The SMILES string of the molecule is CCOCCN(CCNc1ccccc1C)CCOCC. The summed E-state index contributed by atoms with van der Waals surface area (Å²) in [5.41, 5.74) is 2.50. The van der Waals surface area contributed by atoms with E-state index >= 15 is 0 Å². The Morgan fingerprint density at radius 3 is 2.14 bits per heavy atom. The molecule has 21 heavy (non-hydrogen) atoms. The van der Waals surface area contributed by atoms with Gasteiger partial charge in [-0.25, -0.2) is 0 Å². The van der Waals surface area contributed by atoms with Crippen molar-refractivity contribution in [1.29, 1.82) is 0 Å². The molecule has 1 aromatic carbocycles. The smallest absolute Gasteiger partial charge is 0.0593 e. The molecule has 1 N–H and O–H groups in total. The average Bonchev–Trinajstić information content (AvgIpc) is 2.49. The fraction of sp³-hybridized carbons (Fsp3) is 0.647. The number of ether oxygens (including phenoxy) is 2. The minimum absolute atomic E-state index is 0.779. The highest BCUT2D eigenvalue weighted by molar-refractivity contribution is 5.50. The lowest BCUT2D eigenvalue weighted by atomic mass is 10.2. The van der Waals surface area contributed by atoms with E-state index in [0.717, 1.165) is 52.6 Å². The second-order valence-electron chi connectivity index (χ2n) is 4.98. The lowest BCUT2D eigenvalue weighted by Crippen LogP contribution is -2.35. The molecule has 0 aromatic heterocycles. The van der Waals surface area contributed by atoms with Crippen LogP contribution in [0.15, 0.2) is 24.3 Å². The van der Waals surface area contributed by atoms with Gasteiger partial charge in [-0.2, -0.15) is 0 Å². The van der Waals surface area contributed by atoms with Gasteiger partial charge in [0.1, 0.15) is 0 Å². The van der Waals surface area contributed by atoms with Crippen LogP contribution in [-0.2, 0) is 9.47 Å². The molecule has 0 aliphatic heterocycles. The Bertz CT molecular complexity index is 362. The molecule has 0 unspecified atom stereocenters. The summed E-state index contributed by atoms with van der Waals surface area (Å²) in [6.07, 6.45) is 0. The van der Waals surface area contributed by atoms with Gasteiger partial charge in [-0.05, 0) is 32.4 Å². The molecule has 120 valence electrons. The highest BCUT2D eigenvalue weighted by Crippen LogP contribution is 2.12. The van der Waals surface area contributed by atoms with Gasteiger partial charge in [0.2, 0.25) is 0 Å². The summed E-state index contributed by atoms with van der Waals surface area (Å²) in [4.78, 5) is 2.39. The van der Waals surface area contributed by atoms with E-state index in [1.165, 1.54) is 11.3 Å². The summed E-state index contributed by atoms with van der Waals surface area (Å²) in [6.45, 7) is 13.2. The van der Waals surface area contributed by atoms with Crippen molar-refractivity contribution in [2.75, 3.05) is 57.9 Å². The van der Waals surface area contributed by atoms with Gasteiger partial charge in [-0.1, -0.05) is 18.2 Å². The second-order valence-corrected chi connectivity index (χ2v) is 4.98. The summed E-state index contributed by atoms with van der Waals surface area (Å²) in [5.74, 6) is 0. The molecular formula is C17H30N2O2. The van der Waals surface area contributed by atoms with Crippen LogP contribution in [0.5, 0.6) is 0 Å². The molecule has 0 aliphatic rings. The lowest BCUT2D eigenvalue weighted by Gasteiger charge is -2.22. The minimum Gasteiger partial charge on any atom is -0.384 e. The molecule has 0 radical (unpaired) electrons. The first-order chi connectivity index (χ1) is 10.3. The summed E-state index contributed by atoms with van der Waals surface area (Å²) < 4.78 is 10.9. The van der Waals surface area contributed by atoms with Crippen LogP contribution in [0.3, 0.4) is 0 Å². The zero-order chi connectivity index (χ0) is 15.3. The molecule has 0 bridgehead atoms.